The van der Waals surface area contributed by atoms with Crippen LogP contribution in [0.1, 0.15) is 38.5 Å². The number of hydrogen-bond donors (Lipinski definition) is 0. The van der Waals surface area contributed by atoms with Crippen LogP contribution in [0.15, 0.2) is 12.2 Å². The van der Waals surface area contributed by atoms with Crippen LogP contribution in [0.2, 0.25) is 5.28 Å². The molecular formula is C12H19Al. The van der Waals surface area contributed by atoms with E-state index in [1.807, 2.05) is 0 Å². The lowest BCUT2D eigenvalue weighted by Crippen LogP contribution is -2.21. The van der Waals surface area contributed by atoms with Gasteiger partial charge >= 0.3 is 0 Å². The molecule has 0 heterocycles. The van der Waals surface area contributed by atoms with E-state index in [2.05, 4.69) is 22.9 Å². The second kappa shape index (κ2) is 4.20. The summed E-state index contributed by atoms with van der Waals surface area (Å²) in [5, 5.41) is 1.29. The summed E-state index contributed by atoms with van der Waals surface area (Å²) in [4.78, 5) is 0. The van der Waals surface area contributed by atoms with Crippen molar-refractivity contribution >= 4 is 16.3 Å². The zero-order valence-corrected chi connectivity index (χ0v) is 9.62. The molecule has 0 spiro atoms. The molecule has 0 N–H and O–H groups in total. The highest BCUT2D eigenvalue weighted by Gasteiger charge is 2.35. The molecular weight excluding hydrogens is 171 g/mol. The lowest BCUT2D eigenvalue weighted by Gasteiger charge is -2.32. The molecule has 0 bridgehead atoms. The lowest BCUT2D eigenvalue weighted by atomic mass is 9.74. The van der Waals surface area contributed by atoms with Crippen molar-refractivity contribution in [2.24, 2.45) is 17.8 Å². The van der Waals surface area contributed by atoms with Crippen LogP contribution in [0.25, 0.3) is 0 Å². The summed E-state index contributed by atoms with van der Waals surface area (Å²) in [5.41, 5.74) is 1.57. The normalized spacial score (nSPS) is 39.1. The molecule has 1 heteroatoms. The quantitative estimate of drug-likeness (QED) is 0.462. The highest BCUT2D eigenvalue weighted by Crippen LogP contribution is 2.47. The third-order valence-electron chi connectivity index (χ3n) is 4.04. The standard InChI is InChI=1S/C12H19.Al/c1-3-10-5-7-11-6-4-9(2)12(11)8-10;/h10-12H,1-8H2;. The lowest BCUT2D eigenvalue weighted by molar-refractivity contribution is 0.225. The van der Waals surface area contributed by atoms with Crippen LogP contribution in [-0.2, 0) is 0 Å². The van der Waals surface area contributed by atoms with Gasteiger partial charge in [-0.15, -0.1) is 5.28 Å². The molecule has 0 saturated heterocycles. The van der Waals surface area contributed by atoms with Crippen molar-refractivity contribution in [2.75, 3.05) is 0 Å². The fourth-order valence-electron chi connectivity index (χ4n) is 3.22. The zero-order chi connectivity index (χ0) is 9.26. The van der Waals surface area contributed by atoms with Gasteiger partial charge in [0.1, 0.15) is 16.3 Å². The van der Waals surface area contributed by atoms with E-state index in [0.29, 0.717) is 0 Å². The van der Waals surface area contributed by atoms with Gasteiger partial charge in [-0.3, -0.25) is 0 Å². The molecule has 2 rings (SSSR count). The Hall–Kier alpha value is 0.272. The van der Waals surface area contributed by atoms with E-state index in [9.17, 15) is 0 Å². The predicted octanol–water partition coefficient (Wildman–Crippen LogP) is 3.35. The van der Waals surface area contributed by atoms with Crippen molar-refractivity contribution in [2.45, 2.75) is 43.8 Å². The maximum absolute atomic E-state index is 4.23. The van der Waals surface area contributed by atoms with Gasteiger partial charge in [0, 0.05) is 0 Å². The van der Waals surface area contributed by atoms with Crippen LogP contribution in [0.3, 0.4) is 0 Å². The summed E-state index contributed by atoms with van der Waals surface area (Å²) in [6.07, 6.45) is 8.61. The molecule has 0 aromatic rings. The van der Waals surface area contributed by atoms with Crippen LogP contribution in [0, 0.1) is 17.8 Å². The molecule has 2 aliphatic rings. The molecule has 0 aromatic heterocycles. The van der Waals surface area contributed by atoms with Gasteiger partial charge in [0.05, 0.1) is 0 Å². The largest absolute Gasteiger partial charge is 0.118 e. The molecule has 0 aromatic carbocycles. The van der Waals surface area contributed by atoms with Crippen LogP contribution < -0.4 is 0 Å². The van der Waals surface area contributed by atoms with Crippen molar-refractivity contribution in [1.82, 2.24) is 0 Å². The molecule has 70 valence electrons. The van der Waals surface area contributed by atoms with Crippen molar-refractivity contribution in [3.05, 3.63) is 12.2 Å². The van der Waals surface area contributed by atoms with Crippen LogP contribution in [-0.4, -0.2) is 16.3 Å². The first-order valence-corrected chi connectivity index (χ1v) is 6.50. The SMILES string of the molecule is C=C1CCC2CCC(C[CH2][Al])CC12. The molecule has 0 aliphatic heterocycles. The number of fused-ring (bicyclic) bond motifs is 1. The molecule has 0 amide bonds. The summed E-state index contributed by atoms with van der Waals surface area (Å²) in [7, 11) is 0. The fourth-order valence-corrected chi connectivity index (χ4v) is 3.69. The topological polar surface area (TPSA) is 0 Å². The van der Waals surface area contributed by atoms with Crippen LogP contribution in [0.4, 0.5) is 0 Å². The highest BCUT2D eigenvalue weighted by atomic mass is 27.0. The fraction of sp³-hybridized carbons (Fsp3) is 0.833. The Morgan fingerprint density at radius 3 is 2.92 bits per heavy atom. The number of allylic oxidation sites excluding steroid dienone is 1. The first kappa shape index (κ1) is 9.81. The van der Waals surface area contributed by atoms with Gasteiger partial charge in [-0.25, -0.2) is 0 Å². The maximum atomic E-state index is 4.23. The predicted molar refractivity (Wildman–Crippen MR) is 57.9 cm³/mol. The van der Waals surface area contributed by atoms with Gasteiger partial charge in [0.25, 0.3) is 0 Å². The van der Waals surface area contributed by atoms with Gasteiger partial charge in [-0.1, -0.05) is 25.0 Å². The number of hydrogen-bond acceptors (Lipinski definition) is 0. The smallest absolute Gasteiger partial charge is 0.117 e. The molecule has 0 nitrogen and oxygen atoms in total. The van der Waals surface area contributed by atoms with Gasteiger partial charge in [0.15, 0.2) is 0 Å². The monoisotopic (exact) mass is 190 g/mol. The minimum atomic E-state index is 0.912. The van der Waals surface area contributed by atoms with E-state index >= 15 is 0 Å². The minimum Gasteiger partial charge on any atom is -0.117 e. The van der Waals surface area contributed by atoms with Crippen LogP contribution in [0.5, 0.6) is 0 Å². The summed E-state index contributed by atoms with van der Waals surface area (Å²) in [5.74, 6) is 2.94. The Morgan fingerprint density at radius 2 is 2.15 bits per heavy atom. The Labute approximate surface area is 90.2 Å². The third-order valence-corrected chi connectivity index (χ3v) is 4.37. The molecule has 2 radical (unpaired) electrons. The van der Waals surface area contributed by atoms with Gasteiger partial charge in [-0.05, 0) is 43.4 Å². The van der Waals surface area contributed by atoms with Gasteiger partial charge in [0.2, 0.25) is 0 Å². The van der Waals surface area contributed by atoms with Crippen LogP contribution >= 0.6 is 0 Å². The minimum absolute atomic E-state index is 0.912. The molecule has 2 saturated carbocycles. The average molecular weight is 190 g/mol. The molecule has 2 aliphatic carbocycles. The zero-order valence-electron chi connectivity index (χ0n) is 8.47. The summed E-state index contributed by atoms with van der Waals surface area (Å²) in [6.45, 7) is 4.23. The van der Waals surface area contributed by atoms with E-state index in [0.717, 1.165) is 17.8 Å². The molecule has 3 unspecified atom stereocenters. The summed E-state index contributed by atoms with van der Waals surface area (Å²) in [6, 6.07) is 0. The van der Waals surface area contributed by atoms with Crippen molar-refractivity contribution < 1.29 is 0 Å². The van der Waals surface area contributed by atoms with E-state index in [-0.39, 0.29) is 0 Å². The maximum Gasteiger partial charge on any atom is 0.118 e. The van der Waals surface area contributed by atoms with E-state index in [4.69, 9.17) is 0 Å². The number of rotatable bonds is 2. The Kier molecular flexibility index (Phi) is 3.17. The molecule has 13 heavy (non-hydrogen) atoms. The van der Waals surface area contributed by atoms with E-state index < -0.39 is 0 Å². The van der Waals surface area contributed by atoms with Crippen molar-refractivity contribution in [3.8, 4) is 0 Å². The first-order valence-electron chi connectivity index (χ1n) is 5.69. The van der Waals surface area contributed by atoms with Gasteiger partial charge in [-0.2, -0.15) is 0 Å². The Bertz CT molecular complexity index is 197. The molecule has 3 atom stereocenters. The van der Waals surface area contributed by atoms with E-state index in [1.54, 1.807) is 5.57 Å². The van der Waals surface area contributed by atoms with Crippen molar-refractivity contribution in [1.29, 1.82) is 0 Å². The average Bonchev–Trinajstić information content (AvgIpc) is 2.49. The second-order valence-corrected chi connectivity index (χ2v) is 5.40. The molecule has 2 fully saturated rings. The van der Waals surface area contributed by atoms with Gasteiger partial charge < -0.3 is 0 Å². The Morgan fingerprint density at radius 1 is 1.31 bits per heavy atom. The van der Waals surface area contributed by atoms with E-state index in [1.165, 1.54) is 43.8 Å². The first-order chi connectivity index (χ1) is 6.31. The Balaban J connectivity index is 1.94. The third kappa shape index (κ3) is 2.03. The summed E-state index contributed by atoms with van der Waals surface area (Å²) >= 11 is 2.86. The van der Waals surface area contributed by atoms with Crippen molar-refractivity contribution in [3.63, 3.8) is 0 Å². The highest BCUT2D eigenvalue weighted by molar-refractivity contribution is 6.08. The second-order valence-electron chi connectivity index (χ2n) is 4.82. The summed E-state index contributed by atoms with van der Waals surface area (Å²) < 4.78 is 0.